The molecular weight excluding hydrogens is 390 g/mol. The quantitative estimate of drug-likeness (QED) is 0.411. The molecule has 2 rings (SSSR count). The Labute approximate surface area is 152 Å². The number of nitrogens with one attached hydrogen (secondary N) is 2. The fourth-order valence-electron chi connectivity index (χ4n) is 2.12. The molecule has 0 saturated carbocycles. The van der Waals surface area contributed by atoms with Gasteiger partial charge in [-0.25, -0.2) is 0 Å². The summed E-state index contributed by atoms with van der Waals surface area (Å²) >= 11 is 3.31. The summed E-state index contributed by atoms with van der Waals surface area (Å²) in [5.74, 6) is -0.457. The van der Waals surface area contributed by atoms with E-state index in [0.29, 0.717) is 5.69 Å². The number of amides is 1. The van der Waals surface area contributed by atoms with Gasteiger partial charge in [-0.15, -0.1) is 0 Å². The lowest BCUT2D eigenvalue weighted by Gasteiger charge is -2.09. The van der Waals surface area contributed by atoms with Gasteiger partial charge in [0.2, 0.25) is 5.91 Å². The van der Waals surface area contributed by atoms with Crippen LogP contribution in [-0.2, 0) is 4.79 Å². The fourth-order valence-corrected chi connectivity index (χ4v) is 2.38. The predicted octanol–water partition coefficient (Wildman–Crippen LogP) is 4.00. The molecule has 0 aliphatic carbocycles. The lowest BCUT2D eigenvalue weighted by atomic mass is 10.1. The van der Waals surface area contributed by atoms with Gasteiger partial charge < -0.3 is 10.6 Å². The number of nitro groups is 1. The third kappa shape index (κ3) is 5.39. The summed E-state index contributed by atoms with van der Waals surface area (Å²) in [7, 11) is 0. The second-order valence-corrected chi connectivity index (χ2v) is 6.19. The Kier molecular flexibility index (Phi) is 6.24. The van der Waals surface area contributed by atoms with Crippen molar-refractivity contribution in [2.24, 2.45) is 0 Å². The number of carbonyl (C=O) groups excluding carboxylic acids is 2. The molecule has 0 aromatic heterocycles. The Morgan fingerprint density at radius 3 is 2.44 bits per heavy atom. The molecule has 0 fully saturated rings. The number of benzene rings is 2. The minimum atomic E-state index is -0.559. The lowest BCUT2D eigenvalue weighted by Crippen LogP contribution is -2.16. The smallest absolute Gasteiger partial charge is 0.293 e. The SMILES string of the molecule is CC(=O)c1ccc(NCCC(=O)Nc2ccc(Br)cc2)c([N+](=O)[O-])c1. The summed E-state index contributed by atoms with van der Waals surface area (Å²) in [6.07, 6.45) is 0.141. The van der Waals surface area contributed by atoms with Crippen LogP contribution in [0.1, 0.15) is 23.7 Å². The zero-order chi connectivity index (χ0) is 18.4. The maximum absolute atomic E-state index is 11.9. The molecule has 130 valence electrons. The van der Waals surface area contributed by atoms with E-state index in [1.54, 1.807) is 12.1 Å². The van der Waals surface area contributed by atoms with Crippen LogP contribution in [0.5, 0.6) is 0 Å². The molecular formula is C17H16BrN3O4. The van der Waals surface area contributed by atoms with Crippen LogP contribution in [0.3, 0.4) is 0 Å². The second-order valence-electron chi connectivity index (χ2n) is 5.28. The largest absolute Gasteiger partial charge is 0.379 e. The molecule has 2 aromatic rings. The molecule has 25 heavy (non-hydrogen) atoms. The summed E-state index contributed by atoms with van der Waals surface area (Å²) in [5, 5.41) is 16.7. The standard InChI is InChI=1S/C17H16BrN3O4/c1-11(22)12-2-7-15(16(10-12)21(24)25)19-9-8-17(23)20-14-5-3-13(18)4-6-14/h2-7,10,19H,8-9H2,1H3,(H,20,23). The van der Waals surface area contributed by atoms with Crippen molar-refractivity contribution in [3.05, 3.63) is 62.6 Å². The molecule has 0 aliphatic heterocycles. The molecule has 0 radical (unpaired) electrons. The highest BCUT2D eigenvalue weighted by molar-refractivity contribution is 9.10. The van der Waals surface area contributed by atoms with Crippen molar-refractivity contribution in [3.8, 4) is 0 Å². The van der Waals surface area contributed by atoms with Crippen molar-refractivity contribution in [2.45, 2.75) is 13.3 Å². The van der Waals surface area contributed by atoms with Crippen molar-refractivity contribution >= 4 is 44.7 Å². The Morgan fingerprint density at radius 1 is 1.16 bits per heavy atom. The Balaban J connectivity index is 1.94. The van der Waals surface area contributed by atoms with E-state index in [2.05, 4.69) is 26.6 Å². The normalized spacial score (nSPS) is 10.2. The maximum Gasteiger partial charge on any atom is 0.293 e. The van der Waals surface area contributed by atoms with E-state index >= 15 is 0 Å². The Hall–Kier alpha value is -2.74. The van der Waals surface area contributed by atoms with Crippen LogP contribution in [0.2, 0.25) is 0 Å². The number of nitrogens with zero attached hydrogens (tertiary/aromatic N) is 1. The van der Waals surface area contributed by atoms with Gasteiger partial charge in [0, 0.05) is 34.8 Å². The van der Waals surface area contributed by atoms with Crippen LogP contribution in [0.15, 0.2) is 46.9 Å². The molecule has 0 saturated heterocycles. The van der Waals surface area contributed by atoms with Crippen LogP contribution >= 0.6 is 15.9 Å². The molecule has 0 aliphatic rings. The summed E-state index contributed by atoms with van der Waals surface area (Å²) in [5.41, 5.74) is 1.02. The van der Waals surface area contributed by atoms with Crippen molar-refractivity contribution in [1.82, 2.24) is 0 Å². The van der Waals surface area contributed by atoms with Gasteiger partial charge in [-0.2, -0.15) is 0 Å². The predicted molar refractivity (Wildman–Crippen MR) is 99.0 cm³/mol. The minimum Gasteiger partial charge on any atom is -0.379 e. The van der Waals surface area contributed by atoms with Crippen molar-refractivity contribution in [2.75, 3.05) is 17.2 Å². The molecule has 7 nitrogen and oxygen atoms in total. The van der Waals surface area contributed by atoms with Crippen molar-refractivity contribution in [3.63, 3.8) is 0 Å². The Bertz CT molecular complexity index is 806. The molecule has 0 bridgehead atoms. The van der Waals surface area contributed by atoms with E-state index in [1.165, 1.54) is 25.1 Å². The monoisotopic (exact) mass is 405 g/mol. The maximum atomic E-state index is 11.9. The average Bonchev–Trinajstić information content (AvgIpc) is 2.56. The van der Waals surface area contributed by atoms with E-state index in [0.717, 1.165) is 4.47 Å². The number of hydrogen-bond acceptors (Lipinski definition) is 5. The molecule has 0 spiro atoms. The van der Waals surface area contributed by atoms with Gasteiger partial charge in [0.1, 0.15) is 5.69 Å². The first kappa shape index (κ1) is 18.6. The van der Waals surface area contributed by atoms with E-state index in [1.807, 2.05) is 12.1 Å². The van der Waals surface area contributed by atoms with Gasteiger partial charge >= 0.3 is 0 Å². The second kappa shape index (κ2) is 8.39. The van der Waals surface area contributed by atoms with Crippen molar-refractivity contribution < 1.29 is 14.5 Å². The van der Waals surface area contributed by atoms with Crippen LogP contribution < -0.4 is 10.6 Å². The van der Waals surface area contributed by atoms with E-state index in [-0.39, 0.29) is 41.6 Å². The third-order valence-electron chi connectivity index (χ3n) is 3.40. The molecule has 2 aromatic carbocycles. The van der Waals surface area contributed by atoms with Gasteiger partial charge in [-0.3, -0.25) is 19.7 Å². The van der Waals surface area contributed by atoms with Gasteiger partial charge in [0.05, 0.1) is 4.92 Å². The topological polar surface area (TPSA) is 101 Å². The summed E-state index contributed by atoms with van der Waals surface area (Å²) < 4.78 is 0.911. The number of Topliss-reactive ketones (excluding diaryl/α,β-unsaturated/α-hetero) is 1. The lowest BCUT2D eigenvalue weighted by molar-refractivity contribution is -0.384. The van der Waals surface area contributed by atoms with Gasteiger partial charge in [0.15, 0.2) is 5.78 Å². The number of ketones is 1. The first-order valence-corrected chi connectivity index (χ1v) is 8.25. The number of nitro benzene ring substituents is 1. The van der Waals surface area contributed by atoms with E-state index in [4.69, 9.17) is 0 Å². The highest BCUT2D eigenvalue weighted by Gasteiger charge is 2.16. The fraction of sp³-hybridized carbons (Fsp3) is 0.176. The number of carbonyl (C=O) groups is 2. The number of anilines is 2. The molecule has 0 heterocycles. The van der Waals surface area contributed by atoms with E-state index in [9.17, 15) is 19.7 Å². The molecule has 0 unspecified atom stereocenters. The van der Waals surface area contributed by atoms with Crippen LogP contribution in [0.4, 0.5) is 17.1 Å². The molecule has 0 atom stereocenters. The third-order valence-corrected chi connectivity index (χ3v) is 3.93. The number of halogens is 1. The van der Waals surface area contributed by atoms with E-state index < -0.39 is 4.92 Å². The number of hydrogen-bond donors (Lipinski definition) is 2. The highest BCUT2D eigenvalue weighted by Crippen LogP contribution is 2.25. The first-order valence-electron chi connectivity index (χ1n) is 7.45. The first-order chi connectivity index (χ1) is 11.9. The summed E-state index contributed by atoms with van der Waals surface area (Å²) in [6, 6.07) is 11.4. The molecule has 1 amide bonds. The van der Waals surface area contributed by atoms with Crippen LogP contribution in [0.25, 0.3) is 0 Å². The van der Waals surface area contributed by atoms with Crippen LogP contribution in [0, 0.1) is 10.1 Å². The van der Waals surface area contributed by atoms with Gasteiger partial charge in [-0.1, -0.05) is 15.9 Å². The van der Waals surface area contributed by atoms with Gasteiger partial charge in [-0.05, 0) is 43.3 Å². The molecule has 2 N–H and O–H groups in total. The van der Waals surface area contributed by atoms with Crippen LogP contribution in [-0.4, -0.2) is 23.2 Å². The highest BCUT2D eigenvalue weighted by atomic mass is 79.9. The minimum absolute atomic E-state index is 0.141. The Morgan fingerprint density at radius 2 is 1.84 bits per heavy atom. The zero-order valence-corrected chi connectivity index (χ0v) is 15.0. The number of rotatable bonds is 7. The average molecular weight is 406 g/mol. The summed E-state index contributed by atoms with van der Waals surface area (Å²) in [6.45, 7) is 1.57. The summed E-state index contributed by atoms with van der Waals surface area (Å²) in [4.78, 5) is 33.8. The molecule has 8 heteroatoms. The van der Waals surface area contributed by atoms with Gasteiger partial charge in [0.25, 0.3) is 5.69 Å². The zero-order valence-electron chi connectivity index (χ0n) is 13.4. The van der Waals surface area contributed by atoms with Crippen molar-refractivity contribution in [1.29, 1.82) is 0 Å².